The van der Waals surface area contributed by atoms with Gasteiger partial charge >= 0.3 is 5.97 Å². The summed E-state index contributed by atoms with van der Waals surface area (Å²) >= 11 is 0. The summed E-state index contributed by atoms with van der Waals surface area (Å²) < 4.78 is 10.8. The summed E-state index contributed by atoms with van der Waals surface area (Å²) in [6.07, 6.45) is 3.18. The summed E-state index contributed by atoms with van der Waals surface area (Å²) in [6.45, 7) is 0.420. The number of benzene rings is 1. The summed E-state index contributed by atoms with van der Waals surface area (Å²) in [6, 6.07) is 7.60. The highest BCUT2D eigenvalue weighted by Crippen LogP contribution is 2.39. The van der Waals surface area contributed by atoms with Crippen LogP contribution in [0.25, 0.3) is 0 Å². The second kappa shape index (κ2) is 6.42. The van der Waals surface area contributed by atoms with Gasteiger partial charge in [-0.15, -0.1) is 0 Å². The predicted molar refractivity (Wildman–Crippen MR) is 82.1 cm³/mol. The molecule has 0 unspecified atom stereocenters. The second-order valence-electron chi connectivity index (χ2n) is 5.69. The number of para-hydroxylation sites is 1. The molecule has 6 nitrogen and oxygen atoms in total. The number of carbonyl (C=O) groups excluding carboxylic acids is 1. The third kappa shape index (κ3) is 2.94. The van der Waals surface area contributed by atoms with E-state index in [1.54, 1.807) is 19.3 Å². The molecular weight excluding hydrogens is 298 g/mol. The normalized spacial score (nSPS) is 27.9. The molecule has 0 aliphatic carbocycles. The average Bonchev–Trinajstić information content (AvgIpc) is 3.16. The topological polar surface area (TPSA) is 84.9 Å². The van der Waals surface area contributed by atoms with E-state index >= 15 is 0 Å². The number of ether oxygens (including phenoxy) is 2. The number of aliphatic carboxylic acids is 1. The number of carboxylic acid groups (broad SMARTS) is 1. The third-order valence-corrected chi connectivity index (χ3v) is 4.37. The molecule has 2 bridgehead atoms. The van der Waals surface area contributed by atoms with Crippen LogP contribution in [0.1, 0.15) is 5.56 Å². The van der Waals surface area contributed by atoms with Crippen LogP contribution in [-0.4, -0.2) is 42.8 Å². The molecule has 1 saturated heterocycles. The van der Waals surface area contributed by atoms with Gasteiger partial charge in [-0.25, -0.2) is 0 Å². The molecule has 0 saturated carbocycles. The Morgan fingerprint density at radius 3 is 2.61 bits per heavy atom. The Bertz CT molecular complexity index is 642. The van der Waals surface area contributed by atoms with Crippen molar-refractivity contribution in [1.82, 2.24) is 5.32 Å². The van der Waals surface area contributed by atoms with Gasteiger partial charge in [-0.2, -0.15) is 0 Å². The van der Waals surface area contributed by atoms with E-state index in [-0.39, 0.29) is 5.91 Å². The van der Waals surface area contributed by atoms with Gasteiger partial charge in [-0.3, -0.25) is 9.59 Å². The molecule has 2 aliphatic rings. The Kier molecular flexibility index (Phi) is 4.34. The minimum atomic E-state index is -0.994. The van der Waals surface area contributed by atoms with Crippen LogP contribution in [0.4, 0.5) is 0 Å². The van der Waals surface area contributed by atoms with Crippen LogP contribution in [-0.2, 0) is 20.7 Å². The van der Waals surface area contributed by atoms with E-state index in [0.717, 1.165) is 11.3 Å². The molecule has 0 radical (unpaired) electrons. The number of carbonyl (C=O) groups is 2. The fraction of sp³-hybridized carbons (Fsp3) is 0.412. The number of fused-ring (bicyclic) bond motifs is 2. The minimum Gasteiger partial charge on any atom is -0.496 e. The Hall–Kier alpha value is -2.34. The van der Waals surface area contributed by atoms with Gasteiger partial charge in [0.05, 0.1) is 25.2 Å². The van der Waals surface area contributed by atoms with E-state index in [1.807, 2.05) is 24.3 Å². The Morgan fingerprint density at radius 1 is 1.22 bits per heavy atom. The van der Waals surface area contributed by atoms with Crippen LogP contribution in [0.2, 0.25) is 0 Å². The van der Waals surface area contributed by atoms with E-state index in [9.17, 15) is 14.7 Å². The Morgan fingerprint density at radius 2 is 1.91 bits per heavy atom. The maximum Gasteiger partial charge on any atom is 0.310 e. The maximum atomic E-state index is 12.4. The van der Waals surface area contributed by atoms with Gasteiger partial charge in [-0.05, 0) is 18.1 Å². The van der Waals surface area contributed by atoms with Gasteiger partial charge in [0.2, 0.25) is 5.91 Å². The van der Waals surface area contributed by atoms with Gasteiger partial charge in [0, 0.05) is 6.54 Å². The van der Waals surface area contributed by atoms with Crippen LogP contribution in [0, 0.1) is 11.8 Å². The van der Waals surface area contributed by atoms with Crippen molar-refractivity contribution in [3.05, 3.63) is 42.0 Å². The summed E-state index contributed by atoms with van der Waals surface area (Å²) in [7, 11) is 1.60. The van der Waals surface area contributed by atoms with Crippen molar-refractivity contribution in [1.29, 1.82) is 0 Å². The zero-order valence-electron chi connectivity index (χ0n) is 12.8. The zero-order valence-corrected chi connectivity index (χ0v) is 12.8. The van der Waals surface area contributed by atoms with Crippen molar-refractivity contribution in [3.8, 4) is 5.75 Å². The van der Waals surface area contributed by atoms with Gasteiger partial charge in [-0.1, -0.05) is 30.4 Å². The standard InChI is InChI=1S/C17H19NO5/c1-22-11-5-3-2-4-10(11)8-9-18-16(19)14-12-6-7-13(23-12)15(14)17(20)21/h2-7,12-15H,8-9H2,1H3,(H,18,19)(H,20,21)/t12-,13-,14-,15-/m1/s1. The number of hydrogen-bond donors (Lipinski definition) is 2. The minimum absolute atomic E-state index is 0.274. The first-order valence-electron chi connectivity index (χ1n) is 7.58. The molecule has 1 amide bonds. The fourth-order valence-electron chi connectivity index (χ4n) is 3.26. The maximum absolute atomic E-state index is 12.4. The van der Waals surface area contributed by atoms with Crippen molar-refractivity contribution < 1.29 is 24.2 Å². The summed E-state index contributed by atoms with van der Waals surface area (Å²) in [5, 5.41) is 12.1. The largest absolute Gasteiger partial charge is 0.496 e. The fourth-order valence-corrected chi connectivity index (χ4v) is 3.26. The number of nitrogens with one attached hydrogen (secondary N) is 1. The predicted octanol–water partition coefficient (Wildman–Crippen LogP) is 1.01. The van der Waals surface area contributed by atoms with E-state index in [0.29, 0.717) is 13.0 Å². The molecule has 6 heteroatoms. The zero-order chi connectivity index (χ0) is 16.4. The van der Waals surface area contributed by atoms with E-state index in [4.69, 9.17) is 9.47 Å². The van der Waals surface area contributed by atoms with E-state index < -0.39 is 30.0 Å². The van der Waals surface area contributed by atoms with Crippen molar-refractivity contribution in [2.24, 2.45) is 11.8 Å². The lowest BCUT2D eigenvalue weighted by Gasteiger charge is -2.21. The second-order valence-corrected chi connectivity index (χ2v) is 5.69. The van der Waals surface area contributed by atoms with Gasteiger partial charge in [0.25, 0.3) is 0 Å². The number of carboxylic acids is 1. The molecule has 4 atom stereocenters. The van der Waals surface area contributed by atoms with Gasteiger partial charge in [0.1, 0.15) is 11.7 Å². The van der Waals surface area contributed by atoms with Gasteiger partial charge in [0.15, 0.2) is 0 Å². The number of methoxy groups -OCH3 is 1. The smallest absolute Gasteiger partial charge is 0.310 e. The molecule has 1 aromatic carbocycles. The molecule has 2 aliphatic heterocycles. The molecule has 3 rings (SSSR count). The lowest BCUT2D eigenvalue weighted by atomic mass is 9.82. The van der Waals surface area contributed by atoms with E-state index in [1.165, 1.54) is 0 Å². The van der Waals surface area contributed by atoms with Gasteiger partial charge < -0.3 is 19.9 Å². The van der Waals surface area contributed by atoms with Crippen molar-refractivity contribution in [3.63, 3.8) is 0 Å². The molecule has 1 fully saturated rings. The molecule has 23 heavy (non-hydrogen) atoms. The summed E-state index contributed by atoms with van der Waals surface area (Å²) in [5.74, 6) is -1.97. The highest BCUT2D eigenvalue weighted by atomic mass is 16.5. The van der Waals surface area contributed by atoms with Crippen LogP contribution < -0.4 is 10.1 Å². The Labute approximate surface area is 134 Å². The van der Waals surface area contributed by atoms with Crippen LogP contribution in [0.15, 0.2) is 36.4 Å². The molecule has 2 N–H and O–H groups in total. The van der Waals surface area contributed by atoms with Crippen molar-refractivity contribution in [2.75, 3.05) is 13.7 Å². The first kappa shape index (κ1) is 15.6. The highest BCUT2D eigenvalue weighted by Gasteiger charge is 2.53. The average molecular weight is 317 g/mol. The summed E-state index contributed by atoms with van der Waals surface area (Å²) in [4.78, 5) is 23.7. The monoisotopic (exact) mass is 317 g/mol. The molecule has 122 valence electrons. The van der Waals surface area contributed by atoms with E-state index in [2.05, 4.69) is 5.32 Å². The lowest BCUT2D eigenvalue weighted by Crippen LogP contribution is -2.43. The third-order valence-electron chi connectivity index (χ3n) is 4.37. The number of rotatable bonds is 6. The van der Waals surface area contributed by atoms with Crippen LogP contribution in [0.5, 0.6) is 5.75 Å². The van der Waals surface area contributed by atoms with Crippen LogP contribution in [0.3, 0.4) is 0 Å². The molecule has 1 aromatic rings. The summed E-state index contributed by atoms with van der Waals surface area (Å²) in [5.41, 5.74) is 0.995. The van der Waals surface area contributed by atoms with Crippen LogP contribution >= 0.6 is 0 Å². The molecule has 0 spiro atoms. The Balaban J connectivity index is 1.59. The first-order valence-corrected chi connectivity index (χ1v) is 7.58. The lowest BCUT2D eigenvalue weighted by molar-refractivity contribution is -0.146. The number of hydrogen-bond acceptors (Lipinski definition) is 4. The molecule has 2 heterocycles. The quantitative estimate of drug-likeness (QED) is 0.765. The first-order chi connectivity index (χ1) is 11.1. The molecule has 0 aromatic heterocycles. The molecular formula is C17H19NO5. The SMILES string of the molecule is COc1ccccc1CCNC(=O)[C@H]1[C@H](C(=O)O)[C@H]2C=C[C@H]1O2. The van der Waals surface area contributed by atoms with Crippen molar-refractivity contribution in [2.45, 2.75) is 18.6 Å². The number of amides is 1. The van der Waals surface area contributed by atoms with Crippen molar-refractivity contribution >= 4 is 11.9 Å². The highest BCUT2D eigenvalue weighted by molar-refractivity contribution is 5.87.